The average Bonchev–Trinajstić information content (AvgIpc) is 2.41. The second-order valence-electron chi connectivity index (χ2n) is 5.86. The van der Waals surface area contributed by atoms with Crippen LogP contribution in [0.1, 0.15) is 19.4 Å². The fourth-order valence-corrected chi connectivity index (χ4v) is 3.62. The van der Waals surface area contributed by atoms with E-state index in [0.29, 0.717) is 18.8 Å². The van der Waals surface area contributed by atoms with E-state index in [1.807, 2.05) is 19.1 Å². The number of nitrogens with one attached hydrogen (secondary N) is 1. The summed E-state index contributed by atoms with van der Waals surface area (Å²) in [7, 11) is -3.45. The fraction of sp³-hybridized carbons (Fsp3) is 0.533. The van der Waals surface area contributed by atoms with Gasteiger partial charge in [0.2, 0.25) is 0 Å². The largest absolute Gasteiger partial charge is 0.301 e. The Morgan fingerprint density at radius 2 is 1.67 bits per heavy atom. The van der Waals surface area contributed by atoms with Gasteiger partial charge in [-0.25, -0.2) is 0 Å². The van der Waals surface area contributed by atoms with E-state index in [0.717, 1.165) is 25.2 Å². The Morgan fingerprint density at radius 1 is 1.10 bits per heavy atom. The number of benzene rings is 1. The molecule has 21 heavy (non-hydrogen) atoms. The summed E-state index contributed by atoms with van der Waals surface area (Å²) in [6, 6.07) is 7.38. The predicted octanol–water partition coefficient (Wildman–Crippen LogP) is 1.88. The molecule has 5 nitrogen and oxygen atoms in total. The maximum Gasteiger partial charge on any atom is 0.301 e. The molecule has 117 valence electrons. The van der Waals surface area contributed by atoms with Gasteiger partial charge in [-0.1, -0.05) is 31.5 Å². The van der Waals surface area contributed by atoms with Gasteiger partial charge in [0, 0.05) is 38.4 Å². The molecular weight excluding hydrogens is 286 g/mol. The van der Waals surface area contributed by atoms with Crippen LogP contribution >= 0.6 is 0 Å². The van der Waals surface area contributed by atoms with Crippen LogP contribution in [-0.4, -0.2) is 50.3 Å². The Balaban J connectivity index is 1.93. The first kappa shape index (κ1) is 16.3. The van der Waals surface area contributed by atoms with Gasteiger partial charge in [0.1, 0.15) is 0 Å². The molecule has 0 amide bonds. The average molecular weight is 310 g/mol. The molecule has 1 N–H and O–H groups in total. The third kappa shape index (κ3) is 4.69. The minimum Gasteiger partial charge on any atom is -0.300 e. The zero-order valence-electron chi connectivity index (χ0n) is 13.0. The van der Waals surface area contributed by atoms with Gasteiger partial charge in [-0.15, -0.1) is 0 Å². The van der Waals surface area contributed by atoms with E-state index in [-0.39, 0.29) is 0 Å². The molecule has 1 saturated heterocycles. The lowest BCUT2D eigenvalue weighted by Gasteiger charge is -2.34. The first-order valence-electron chi connectivity index (χ1n) is 7.23. The predicted molar refractivity (Wildman–Crippen MR) is 86.3 cm³/mol. The van der Waals surface area contributed by atoms with E-state index in [9.17, 15) is 8.42 Å². The van der Waals surface area contributed by atoms with Crippen molar-refractivity contribution in [1.82, 2.24) is 9.21 Å². The molecule has 0 saturated carbocycles. The van der Waals surface area contributed by atoms with Gasteiger partial charge in [0.25, 0.3) is 0 Å². The highest BCUT2D eigenvalue weighted by Gasteiger charge is 2.26. The molecule has 1 aliphatic rings. The topological polar surface area (TPSA) is 52.7 Å². The van der Waals surface area contributed by atoms with Gasteiger partial charge in [-0.05, 0) is 25.0 Å². The molecule has 2 rings (SSSR count). The van der Waals surface area contributed by atoms with Crippen LogP contribution in [0.4, 0.5) is 5.69 Å². The summed E-state index contributed by atoms with van der Waals surface area (Å²) in [6.45, 7) is 9.75. The molecule has 6 heteroatoms. The highest BCUT2D eigenvalue weighted by Crippen LogP contribution is 2.15. The SMILES string of the molecule is C[C](C)CN1CCN(S(=O)(=O)Nc2ccc(C)cc2)CC1. The van der Waals surface area contributed by atoms with Gasteiger partial charge in [0.05, 0.1) is 0 Å². The first-order valence-corrected chi connectivity index (χ1v) is 8.67. The minimum atomic E-state index is -3.45. The zero-order chi connectivity index (χ0) is 15.5. The summed E-state index contributed by atoms with van der Waals surface area (Å²) in [5, 5.41) is 0. The fourth-order valence-electron chi connectivity index (χ4n) is 2.41. The van der Waals surface area contributed by atoms with E-state index in [2.05, 4.69) is 23.5 Å². The van der Waals surface area contributed by atoms with Crippen LogP contribution in [0.25, 0.3) is 0 Å². The van der Waals surface area contributed by atoms with Crippen molar-refractivity contribution in [1.29, 1.82) is 0 Å². The molecule has 0 spiro atoms. The van der Waals surface area contributed by atoms with Crippen molar-refractivity contribution in [3.63, 3.8) is 0 Å². The third-order valence-corrected chi connectivity index (χ3v) is 5.05. The Morgan fingerprint density at radius 3 is 2.19 bits per heavy atom. The number of aryl methyl sites for hydroxylation is 1. The van der Waals surface area contributed by atoms with Gasteiger partial charge in [-0.3, -0.25) is 4.72 Å². The lowest BCUT2D eigenvalue weighted by Crippen LogP contribution is -2.50. The molecular formula is C15H24N3O2S. The maximum absolute atomic E-state index is 12.4. The monoisotopic (exact) mass is 310 g/mol. The summed E-state index contributed by atoms with van der Waals surface area (Å²) in [4.78, 5) is 2.28. The molecule has 1 aliphatic heterocycles. The Bertz CT molecular complexity index is 547. The highest BCUT2D eigenvalue weighted by atomic mass is 32.2. The molecule has 0 aromatic heterocycles. The second-order valence-corrected chi connectivity index (χ2v) is 7.53. The maximum atomic E-state index is 12.4. The van der Waals surface area contributed by atoms with Crippen molar-refractivity contribution in [2.24, 2.45) is 0 Å². The summed E-state index contributed by atoms with van der Waals surface area (Å²) < 4.78 is 28.9. The van der Waals surface area contributed by atoms with Gasteiger partial charge in [-0.2, -0.15) is 12.7 Å². The van der Waals surface area contributed by atoms with E-state index in [1.165, 1.54) is 10.2 Å². The molecule has 1 heterocycles. The molecule has 1 aromatic carbocycles. The minimum absolute atomic E-state index is 0.536. The molecule has 1 fully saturated rings. The number of piperazine rings is 1. The van der Waals surface area contributed by atoms with Crippen molar-refractivity contribution < 1.29 is 8.42 Å². The van der Waals surface area contributed by atoms with Crippen molar-refractivity contribution in [2.45, 2.75) is 20.8 Å². The van der Waals surface area contributed by atoms with E-state index >= 15 is 0 Å². The van der Waals surface area contributed by atoms with Gasteiger partial charge in [0.15, 0.2) is 0 Å². The van der Waals surface area contributed by atoms with E-state index < -0.39 is 10.2 Å². The van der Waals surface area contributed by atoms with Crippen molar-refractivity contribution >= 4 is 15.9 Å². The number of anilines is 1. The Hall–Kier alpha value is -1.11. The summed E-state index contributed by atoms with van der Waals surface area (Å²) in [5.41, 5.74) is 1.72. The number of hydrogen-bond acceptors (Lipinski definition) is 3. The molecule has 0 atom stereocenters. The molecule has 0 unspecified atom stereocenters. The highest BCUT2D eigenvalue weighted by molar-refractivity contribution is 7.90. The number of hydrogen-bond donors (Lipinski definition) is 1. The zero-order valence-corrected chi connectivity index (χ0v) is 13.8. The van der Waals surface area contributed by atoms with Crippen LogP contribution in [0, 0.1) is 12.8 Å². The van der Waals surface area contributed by atoms with E-state index in [1.54, 1.807) is 12.1 Å². The van der Waals surface area contributed by atoms with E-state index in [4.69, 9.17) is 0 Å². The second kappa shape index (κ2) is 6.77. The Labute approximate surface area is 128 Å². The number of nitrogens with zero attached hydrogens (tertiary/aromatic N) is 2. The quantitative estimate of drug-likeness (QED) is 0.903. The lowest BCUT2D eigenvalue weighted by atomic mass is 10.2. The third-order valence-electron chi connectivity index (χ3n) is 3.51. The Kier molecular flexibility index (Phi) is 5.24. The van der Waals surface area contributed by atoms with Crippen LogP contribution in [-0.2, 0) is 10.2 Å². The lowest BCUT2D eigenvalue weighted by molar-refractivity contribution is 0.195. The summed E-state index contributed by atoms with van der Waals surface area (Å²) in [6.07, 6.45) is 0. The number of rotatable bonds is 5. The van der Waals surface area contributed by atoms with Crippen molar-refractivity contribution in [2.75, 3.05) is 37.4 Å². The van der Waals surface area contributed by atoms with Crippen LogP contribution in [0.2, 0.25) is 0 Å². The van der Waals surface area contributed by atoms with Crippen molar-refractivity contribution in [3.8, 4) is 0 Å². The smallest absolute Gasteiger partial charge is 0.300 e. The molecule has 0 aliphatic carbocycles. The summed E-state index contributed by atoms with van der Waals surface area (Å²) >= 11 is 0. The summed E-state index contributed by atoms with van der Waals surface area (Å²) in [5.74, 6) is 1.35. The molecule has 0 bridgehead atoms. The van der Waals surface area contributed by atoms with Crippen LogP contribution < -0.4 is 4.72 Å². The van der Waals surface area contributed by atoms with Crippen LogP contribution in [0.15, 0.2) is 24.3 Å². The van der Waals surface area contributed by atoms with Crippen LogP contribution in [0.5, 0.6) is 0 Å². The van der Waals surface area contributed by atoms with Crippen LogP contribution in [0.3, 0.4) is 0 Å². The van der Waals surface area contributed by atoms with Gasteiger partial charge >= 0.3 is 10.2 Å². The first-order chi connectivity index (χ1) is 9.87. The molecule has 1 aromatic rings. The molecule has 1 radical (unpaired) electrons. The van der Waals surface area contributed by atoms with Gasteiger partial charge < -0.3 is 4.90 Å². The normalized spacial score (nSPS) is 18.1. The standard InChI is InChI=1S/C15H24N3O2S/c1-13(2)12-17-8-10-18(11-9-17)21(19,20)16-15-6-4-14(3)5-7-15/h4-7,16H,8-12H2,1-3H3. The van der Waals surface area contributed by atoms with Crippen molar-refractivity contribution in [3.05, 3.63) is 35.7 Å².